The van der Waals surface area contributed by atoms with Gasteiger partial charge in [0.05, 0.1) is 15.8 Å². The van der Waals surface area contributed by atoms with Crippen molar-refractivity contribution in [3.63, 3.8) is 0 Å². The Hall–Kier alpha value is -2.34. The second kappa shape index (κ2) is 6.28. The standard InChI is InChI=1S/C18H19N3O2S/c1-13-3-4-15(23-13)16-5-6-17(24-16)18(22)20-11-7-14(8-12-20)21-10-2-9-19-21/h2-6,9-10,14H,7-8,11-12H2,1H3. The van der Waals surface area contributed by atoms with Gasteiger partial charge in [0.1, 0.15) is 11.5 Å². The first-order valence-corrected chi connectivity index (χ1v) is 8.97. The van der Waals surface area contributed by atoms with Crippen LogP contribution in [0.15, 0.2) is 47.1 Å². The number of rotatable bonds is 3. The average molecular weight is 341 g/mol. The molecule has 24 heavy (non-hydrogen) atoms. The Bertz CT molecular complexity index is 826. The predicted molar refractivity (Wildman–Crippen MR) is 93.2 cm³/mol. The van der Waals surface area contributed by atoms with Crippen LogP contribution in [0.2, 0.25) is 0 Å². The van der Waals surface area contributed by atoms with Crippen LogP contribution in [-0.4, -0.2) is 33.7 Å². The Kier molecular flexibility index (Phi) is 3.98. The first-order chi connectivity index (χ1) is 11.7. The summed E-state index contributed by atoms with van der Waals surface area (Å²) in [5.41, 5.74) is 0. The van der Waals surface area contributed by atoms with Crippen molar-refractivity contribution in [1.29, 1.82) is 0 Å². The second-order valence-corrected chi connectivity index (χ2v) is 7.17. The van der Waals surface area contributed by atoms with E-state index in [1.165, 1.54) is 11.3 Å². The molecule has 4 rings (SSSR count). The smallest absolute Gasteiger partial charge is 0.263 e. The largest absolute Gasteiger partial charge is 0.461 e. The number of thiophene rings is 1. The van der Waals surface area contributed by atoms with Crippen LogP contribution < -0.4 is 0 Å². The Balaban J connectivity index is 1.42. The number of hydrogen-bond donors (Lipinski definition) is 0. The molecule has 124 valence electrons. The normalized spacial score (nSPS) is 15.8. The molecule has 0 unspecified atom stereocenters. The van der Waals surface area contributed by atoms with Crippen LogP contribution in [0, 0.1) is 6.92 Å². The Morgan fingerprint density at radius 1 is 1.25 bits per heavy atom. The van der Waals surface area contributed by atoms with Crippen molar-refractivity contribution in [1.82, 2.24) is 14.7 Å². The lowest BCUT2D eigenvalue weighted by Crippen LogP contribution is -2.38. The van der Waals surface area contributed by atoms with E-state index >= 15 is 0 Å². The monoisotopic (exact) mass is 341 g/mol. The fourth-order valence-electron chi connectivity index (χ4n) is 3.14. The molecular weight excluding hydrogens is 322 g/mol. The summed E-state index contributed by atoms with van der Waals surface area (Å²) in [7, 11) is 0. The molecule has 0 spiro atoms. The van der Waals surface area contributed by atoms with E-state index in [0.29, 0.717) is 6.04 Å². The van der Waals surface area contributed by atoms with E-state index in [1.807, 2.05) is 53.0 Å². The van der Waals surface area contributed by atoms with E-state index in [9.17, 15) is 4.79 Å². The quantitative estimate of drug-likeness (QED) is 0.724. The van der Waals surface area contributed by atoms with Crippen molar-refractivity contribution in [2.24, 2.45) is 0 Å². The van der Waals surface area contributed by atoms with Crippen molar-refractivity contribution in [3.05, 3.63) is 53.4 Å². The van der Waals surface area contributed by atoms with Gasteiger partial charge >= 0.3 is 0 Å². The molecule has 0 aliphatic carbocycles. The minimum atomic E-state index is 0.119. The zero-order valence-corrected chi connectivity index (χ0v) is 14.3. The van der Waals surface area contributed by atoms with E-state index in [-0.39, 0.29) is 5.91 Å². The lowest BCUT2D eigenvalue weighted by atomic mass is 10.1. The number of carbonyl (C=O) groups is 1. The van der Waals surface area contributed by atoms with Gasteiger partial charge in [0, 0.05) is 25.5 Å². The molecule has 1 fully saturated rings. The molecule has 0 atom stereocenters. The molecule has 4 heterocycles. The minimum absolute atomic E-state index is 0.119. The van der Waals surface area contributed by atoms with E-state index < -0.39 is 0 Å². The number of hydrogen-bond acceptors (Lipinski definition) is 4. The van der Waals surface area contributed by atoms with E-state index in [0.717, 1.165) is 47.2 Å². The van der Waals surface area contributed by atoms with Gasteiger partial charge in [-0.3, -0.25) is 9.48 Å². The fraction of sp³-hybridized carbons (Fsp3) is 0.333. The fourth-order valence-corrected chi connectivity index (χ4v) is 4.07. The molecular formula is C18H19N3O2S. The number of aryl methyl sites for hydroxylation is 1. The molecule has 1 aliphatic rings. The minimum Gasteiger partial charge on any atom is -0.461 e. The van der Waals surface area contributed by atoms with E-state index in [1.54, 1.807) is 6.20 Å². The highest BCUT2D eigenvalue weighted by atomic mass is 32.1. The molecule has 1 saturated heterocycles. The van der Waals surface area contributed by atoms with Gasteiger partial charge in [-0.05, 0) is 50.1 Å². The predicted octanol–water partition coefficient (Wildman–Crippen LogP) is 3.99. The SMILES string of the molecule is Cc1ccc(-c2ccc(C(=O)N3CCC(n4cccn4)CC3)s2)o1. The maximum atomic E-state index is 12.7. The van der Waals surface area contributed by atoms with Crippen LogP contribution in [-0.2, 0) is 0 Å². The number of aromatic nitrogens is 2. The summed E-state index contributed by atoms with van der Waals surface area (Å²) in [5.74, 6) is 1.83. The number of piperidine rings is 1. The lowest BCUT2D eigenvalue weighted by Gasteiger charge is -2.31. The average Bonchev–Trinajstić information content (AvgIpc) is 3.35. The van der Waals surface area contributed by atoms with Crippen LogP contribution in [0.3, 0.4) is 0 Å². The Morgan fingerprint density at radius 3 is 2.75 bits per heavy atom. The topological polar surface area (TPSA) is 51.3 Å². The number of carbonyl (C=O) groups excluding carboxylic acids is 1. The van der Waals surface area contributed by atoms with E-state index in [2.05, 4.69) is 5.10 Å². The highest BCUT2D eigenvalue weighted by Crippen LogP contribution is 2.31. The van der Waals surface area contributed by atoms with Crippen molar-refractivity contribution in [3.8, 4) is 10.6 Å². The van der Waals surface area contributed by atoms with Crippen LogP contribution in [0.1, 0.15) is 34.3 Å². The van der Waals surface area contributed by atoms with Gasteiger partial charge < -0.3 is 9.32 Å². The molecule has 5 nitrogen and oxygen atoms in total. The van der Waals surface area contributed by atoms with Crippen LogP contribution >= 0.6 is 11.3 Å². The summed E-state index contributed by atoms with van der Waals surface area (Å²) < 4.78 is 7.64. The molecule has 3 aromatic heterocycles. The molecule has 0 aromatic carbocycles. The second-order valence-electron chi connectivity index (χ2n) is 6.08. The molecule has 3 aromatic rings. The number of likely N-dealkylation sites (tertiary alicyclic amines) is 1. The molecule has 0 N–H and O–H groups in total. The number of amides is 1. The number of furan rings is 1. The maximum Gasteiger partial charge on any atom is 0.263 e. The molecule has 0 bridgehead atoms. The van der Waals surface area contributed by atoms with E-state index in [4.69, 9.17) is 4.42 Å². The van der Waals surface area contributed by atoms with Gasteiger partial charge in [-0.15, -0.1) is 11.3 Å². The van der Waals surface area contributed by atoms with Crippen LogP contribution in [0.4, 0.5) is 0 Å². The lowest BCUT2D eigenvalue weighted by molar-refractivity contribution is 0.0695. The molecule has 0 radical (unpaired) electrons. The zero-order chi connectivity index (χ0) is 16.5. The molecule has 1 amide bonds. The zero-order valence-electron chi connectivity index (χ0n) is 13.5. The Labute approximate surface area is 144 Å². The molecule has 1 aliphatic heterocycles. The number of nitrogens with zero attached hydrogens (tertiary/aromatic N) is 3. The van der Waals surface area contributed by atoms with Gasteiger partial charge in [0.25, 0.3) is 5.91 Å². The maximum absolute atomic E-state index is 12.7. The third-order valence-electron chi connectivity index (χ3n) is 4.45. The summed E-state index contributed by atoms with van der Waals surface area (Å²) in [6.07, 6.45) is 5.70. The summed E-state index contributed by atoms with van der Waals surface area (Å²) in [6, 6.07) is 10.1. The first-order valence-electron chi connectivity index (χ1n) is 8.16. The summed E-state index contributed by atoms with van der Waals surface area (Å²) in [5, 5.41) is 4.31. The summed E-state index contributed by atoms with van der Waals surface area (Å²) in [6.45, 7) is 3.47. The van der Waals surface area contributed by atoms with Crippen LogP contribution in [0.25, 0.3) is 10.6 Å². The van der Waals surface area contributed by atoms with Gasteiger partial charge in [0.15, 0.2) is 0 Å². The summed E-state index contributed by atoms with van der Waals surface area (Å²) in [4.78, 5) is 16.4. The molecule has 0 saturated carbocycles. The third-order valence-corrected chi connectivity index (χ3v) is 5.54. The van der Waals surface area contributed by atoms with Crippen molar-refractivity contribution < 1.29 is 9.21 Å². The van der Waals surface area contributed by atoms with Crippen molar-refractivity contribution >= 4 is 17.2 Å². The van der Waals surface area contributed by atoms with Gasteiger partial charge in [-0.1, -0.05) is 0 Å². The van der Waals surface area contributed by atoms with Crippen molar-refractivity contribution in [2.45, 2.75) is 25.8 Å². The molecule has 6 heteroatoms. The van der Waals surface area contributed by atoms with Gasteiger partial charge in [-0.2, -0.15) is 5.10 Å². The highest BCUT2D eigenvalue weighted by Gasteiger charge is 2.25. The van der Waals surface area contributed by atoms with Gasteiger partial charge in [-0.25, -0.2) is 0 Å². The first kappa shape index (κ1) is 15.2. The highest BCUT2D eigenvalue weighted by molar-refractivity contribution is 7.17. The Morgan fingerprint density at radius 2 is 2.08 bits per heavy atom. The van der Waals surface area contributed by atoms with Crippen LogP contribution in [0.5, 0.6) is 0 Å². The third kappa shape index (κ3) is 2.89. The van der Waals surface area contributed by atoms with Gasteiger partial charge in [0.2, 0.25) is 0 Å². The van der Waals surface area contributed by atoms with Crippen molar-refractivity contribution in [2.75, 3.05) is 13.1 Å². The summed E-state index contributed by atoms with van der Waals surface area (Å²) >= 11 is 1.50.